The molecule has 0 saturated heterocycles. The Balaban J connectivity index is 0.000000482. The summed E-state index contributed by atoms with van der Waals surface area (Å²) >= 11 is 0. The zero-order chi connectivity index (χ0) is 36.2. The number of carbonyl (C=O) groups is 7. The summed E-state index contributed by atoms with van der Waals surface area (Å²) in [7, 11) is 0. The number of ether oxygens (including phenoxy) is 4. The van der Waals surface area contributed by atoms with Gasteiger partial charge in [-0.2, -0.15) is 0 Å². The van der Waals surface area contributed by atoms with Gasteiger partial charge in [0.25, 0.3) is 0 Å². The van der Waals surface area contributed by atoms with E-state index in [9.17, 15) is 33.6 Å². The third kappa shape index (κ3) is 17.6. The molecule has 0 bridgehead atoms. The molecule has 0 heterocycles. The number of aryl methyl sites for hydroxylation is 2. The molecule has 0 fully saturated rings. The molecular formula is C35H46N2O11. The molecule has 2 rings (SSSR count). The van der Waals surface area contributed by atoms with Gasteiger partial charge in [-0.3, -0.25) is 33.6 Å². The van der Waals surface area contributed by atoms with Crippen LogP contribution in [0.5, 0.6) is 0 Å². The van der Waals surface area contributed by atoms with Crippen molar-refractivity contribution in [2.45, 2.75) is 78.3 Å². The highest BCUT2D eigenvalue weighted by Crippen LogP contribution is 2.19. The van der Waals surface area contributed by atoms with E-state index in [0.29, 0.717) is 31.2 Å². The molecule has 2 aromatic rings. The lowest BCUT2D eigenvalue weighted by Gasteiger charge is -2.33. The minimum atomic E-state index is -1.02. The van der Waals surface area contributed by atoms with Gasteiger partial charge in [-0.25, -0.2) is 0 Å². The summed E-state index contributed by atoms with van der Waals surface area (Å²) in [6.07, 6.45) is 2.78. The van der Waals surface area contributed by atoms with Gasteiger partial charge in [0.05, 0.1) is 0 Å². The van der Waals surface area contributed by atoms with Gasteiger partial charge in [-0.1, -0.05) is 54.6 Å². The van der Waals surface area contributed by atoms with Crippen LogP contribution in [0.15, 0.2) is 54.6 Å². The Morgan fingerprint density at radius 2 is 0.875 bits per heavy atom. The van der Waals surface area contributed by atoms with Crippen molar-refractivity contribution in [3.05, 3.63) is 71.3 Å². The van der Waals surface area contributed by atoms with E-state index in [4.69, 9.17) is 18.9 Å². The zero-order valence-corrected chi connectivity index (χ0v) is 28.4. The van der Waals surface area contributed by atoms with Crippen LogP contribution < -0.4 is 10.6 Å². The molecule has 0 aromatic heterocycles. The first kappa shape index (κ1) is 41.0. The fraction of sp³-hybridized carbons (Fsp3) is 0.457. The average Bonchev–Trinajstić information content (AvgIpc) is 3.03. The highest BCUT2D eigenvalue weighted by Gasteiger charge is 2.35. The molecule has 0 atom stereocenters. The Morgan fingerprint density at radius 3 is 1.17 bits per heavy atom. The quantitative estimate of drug-likeness (QED) is 0.143. The van der Waals surface area contributed by atoms with Gasteiger partial charge in [0, 0.05) is 47.1 Å². The maximum Gasteiger partial charge on any atom is 0.302 e. The monoisotopic (exact) mass is 670 g/mol. The average molecular weight is 671 g/mol. The number of hydrogen-bond donors (Lipinski definition) is 2. The van der Waals surface area contributed by atoms with Crippen molar-refractivity contribution in [1.82, 2.24) is 10.6 Å². The fourth-order valence-electron chi connectivity index (χ4n) is 4.52. The number of rotatable bonds is 17. The van der Waals surface area contributed by atoms with Crippen molar-refractivity contribution in [3.63, 3.8) is 0 Å². The van der Waals surface area contributed by atoms with Crippen LogP contribution in [-0.2, 0) is 60.6 Å². The van der Waals surface area contributed by atoms with Gasteiger partial charge in [0.2, 0.25) is 11.8 Å². The summed E-state index contributed by atoms with van der Waals surface area (Å²) in [6, 6.07) is 16.7. The molecule has 0 aliphatic carbocycles. The summed E-state index contributed by atoms with van der Waals surface area (Å²) in [5.74, 6) is -2.50. The molecule has 0 aliphatic heterocycles. The van der Waals surface area contributed by atoms with Gasteiger partial charge in [-0.05, 0) is 36.8 Å². The van der Waals surface area contributed by atoms with Gasteiger partial charge in [-0.15, -0.1) is 0 Å². The lowest BCUT2D eigenvalue weighted by atomic mass is 9.92. The van der Waals surface area contributed by atoms with Crippen molar-refractivity contribution in [1.29, 1.82) is 0 Å². The van der Waals surface area contributed by atoms with E-state index in [2.05, 4.69) is 10.6 Å². The topological polar surface area (TPSA) is 180 Å². The summed E-state index contributed by atoms with van der Waals surface area (Å²) in [4.78, 5) is 78.5. The van der Waals surface area contributed by atoms with Gasteiger partial charge < -0.3 is 29.6 Å². The predicted octanol–water partition coefficient (Wildman–Crippen LogP) is 3.05. The Labute approximate surface area is 281 Å². The number of carbonyl (C=O) groups excluding carboxylic acids is 7. The van der Waals surface area contributed by atoms with Crippen LogP contribution in [0.2, 0.25) is 0 Å². The van der Waals surface area contributed by atoms with Crippen molar-refractivity contribution in [3.8, 4) is 0 Å². The van der Waals surface area contributed by atoms with Crippen molar-refractivity contribution in [2.75, 3.05) is 26.4 Å². The molecule has 13 nitrogen and oxygen atoms in total. The first-order valence-electron chi connectivity index (χ1n) is 15.3. The normalized spacial score (nSPS) is 10.7. The SMILES string of the molecule is CC(=O)NC(CCc1ccc(C=O)cc1)(COC(C)=O)COC(C)=O.CC(=O)NC(CCc1ccccc1)(COC(C)=O)COC(C)=O. The van der Waals surface area contributed by atoms with E-state index < -0.39 is 35.0 Å². The second-order valence-corrected chi connectivity index (χ2v) is 11.4. The minimum absolute atomic E-state index is 0.0535. The molecule has 0 saturated carbocycles. The Hall–Kier alpha value is -5.07. The van der Waals surface area contributed by atoms with Gasteiger partial charge in [0.1, 0.15) is 43.8 Å². The number of hydrogen-bond acceptors (Lipinski definition) is 11. The Kier molecular flexibility index (Phi) is 17.9. The predicted molar refractivity (Wildman–Crippen MR) is 175 cm³/mol. The van der Waals surface area contributed by atoms with Crippen LogP contribution in [0.1, 0.15) is 75.9 Å². The third-order valence-electron chi connectivity index (χ3n) is 6.83. The molecule has 0 unspecified atom stereocenters. The second-order valence-electron chi connectivity index (χ2n) is 11.4. The van der Waals surface area contributed by atoms with Crippen LogP contribution in [0.4, 0.5) is 0 Å². The molecule has 0 spiro atoms. The van der Waals surface area contributed by atoms with E-state index in [1.54, 1.807) is 24.3 Å². The number of nitrogens with one attached hydrogen (secondary N) is 2. The lowest BCUT2D eigenvalue weighted by Crippen LogP contribution is -2.55. The Bertz CT molecular complexity index is 1340. The summed E-state index contributed by atoms with van der Waals surface area (Å²) in [5.41, 5.74) is 0.612. The van der Waals surface area contributed by atoms with Gasteiger partial charge >= 0.3 is 23.9 Å². The van der Waals surface area contributed by atoms with E-state index >= 15 is 0 Å². The lowest BCUT2D eigenvalue weighted by molar-refractivity contribution is -0.151. The standard InChI is InChI=1S/C18H23NO6.C17H23NO5/c1-13(21)19-18(11-24-14(2)22,12-25-15(3)23)9-8-16-4-6-17(10-20)7-5-16;1-13(19)18-17(11-22-14(2)20,12-23-15(3)21)10-9-16-7-5-4-6-8-16/h4-7,10H,8-9,11-12H2,1-3H3,(H,19,21);4-8H,9-12H2,1-3H3,(H,18,19). The molecule has 0 radical (unpaired) electrons. The van der Waals surface area contributed by atoms with Crippen molar-refractivity contribution < 1.29 is 52.5 Å². The van der Waals surface area contributed by atoms with E-state index in [0.717, 1.165) is 17.4 Å². The first-order valence-corrected chi connectivity index (χ1v) is 15.3. The van der Waals surface area contributed by atoms with Crippen LogP contribution >= 0.6 is 0 Å². The minimum Gasteiger partial charge on any atom is -0.463 e. The van der Waals surface area contributed by atoms with Crippen molar-refractivity contribution >= 4 is 42.0 Å². The molecule has 2 aromatic carbocycles. The summed E-state index contributed by atoms with van der Waals surface area (Å²) in [5, 5.41) is 5.53. The van der Waals surface area contributed by atoms with Crippen molar-refractivity contribution in [2.24, 2.45) is 0 Å². The molecule has 48 heavy (non-hydrogen) atoms. The molecular weight excluding hydrogens is 624 g/mol. The highest BCUT2D eigenvalue weighted by atomic mass is 16.6. The van der Waals surface area contributed by atoms with E-state index in [-0.39, 0.29) is 38.2 Å². The fourth-order valence-corrected chi connectivity index (χ4v) is 4.52. The zero-order valence-electron chi connectivity index (χ0n) is 28.4. The van der Waals surface area contributed by atoms with Gasteiger partial charge in [0.15, 0.2) is 0 Å². The second kappa shape index (κ2) is 20.9. The number of amides is 2. The molecule has 2 amide bonds. The number of benzene rings is 2. The molecule has 13 heteroatoms. The Morgan fingerprint density at radius 1 is 0.542 bits per heavy atom. The highest BCUT2D eigenvalue weighted by molar-refractivity contribution is 5.75. The first-order chi connectivity index (χ1) is 22.6. The van der Waals surface area contributed by atoms with Crippen LogP contribution in [-0.4, -0.2) is 79.5 Å². The maximum absolute atomic E-state index is 11.6. The van der Waals surface area contributed by atoms with E-state index in [1.165, 1.54) is 41.5 Å². The maximum atomic E-state index is 11.6. The smallest absolute Gasteiger partial charge is 0.302 e. The van der Waals surface area contributed by atoms with Crippen LogP contribution in [0, 0.1) is 0 Å². The van der Waals surface area contributed by atoms with Crippen LogP contribution in [0.3, 0.4) is 0 Å². The van der Waals surface area contributed by atoms with Crippen LogP contribution in [0.25, 0.3) is 0 Å². The number of aldehydes is 1. The number of esters is 4. The van der Waals surface area contributed by atoms with E-state index in [1.807, 2.05) is 30.3 Å². The summed E-state index contributed by atoms with van der Waals surface area (Å²) in [6.45, 7) is 7.51. The molecule has 0 aliphatic rings. The largest absolute Gasteiger partial charge is 0.463 e. The summed E-state index contributed by atoms with van der Waals surface area (Å²) < 4.78 is 20.3. The third-order valence-corrected chi connectivity index (χ3v) is 6.83. The molecule has 2 N–H and O–H groups in total. The molecule has 262 valence electrons.